The van der Waals surface area contributed by atoms with Crippen molar-refractivity contribution in [1.29, 1.82) is 0 Å². The number of aliphatic hydroxyl groups excluding tert-OH is 1. The van der Waals surface area contributed by atoms with E-state index in [1.54, 1.807) is 20.8 Å². The van der Waals surface area contributed by atoms with Gasteiger partial charge in [0.2, 0.25) is 11.7 Å². The van der Waals surface area contributed by atoms with Crippen molar-refractivity contribution in [3.63, 3.8) is 0 Å². The fourth-order valence-corrected chi connectivity index (χ4v) is 10.3. The van der Waals surface area contributed by atoms with Crippen molar-refractivity contribution in [2.45, 2.75) is 288 Å². The van der Waals surface area contributed by atoms with Gasteiger partial charge in [-0.15, -0.1) is 0 Å². The highest BCUT2D eigenvalue weighted by Crippen LogP contribution is 2.60. The van der Waals surface area contributed by atoms with E-state index in [9.17, 15) is 71.1 Å². The molecule has 5 fully saturated rings. The van der Waals surface area contributed by atoms with Gasteiger partial charge in [-0.2, -0.15) is 22.0 Å². The summed E-state index contributed by atoms with van der Waals surface area (Å²) in [6, 6.07) is 0. The number of carbonyl (C=O) groups excluding carboxylic acids is 6. The summed E-state index contributed by atoms with van der Waals surface area (Å²) in [6.07, 6.45) is 2.53. The van der Waals surface area contributed by atoms with Crippen LogP contribution in [-0.4, -0.2) is 146 Å². The molecular formula is C64H111F5O18. The third kappa shape index (κ3) is 21.1. The summed E-state index contributed by atoms with van der Waals surface area (Å²) in [4.78, 5) is 69.9. The highest BCUT2D eigenvalue weighted by molar-refractivity contribution is 5.83. The van der Waals surface area contributed by atoms with Crippen LogP contribution in [0.25, 0.3) is 0 Å². The minimum atomic E-state index is -5.74. The summed E-state index contributed by atoms with van der Waals surface area (Å²) in [5, 5.41) is 48.8. The highest BCUT2D eigenvalue weighted by Gasteiger charge is 2.83. The second-order valence-corrected chi connectivity index (χ2v) is 29.3. The van der Waals surface area contributed by atoms with Gasteiger partial charge in [0, 0.05) is 12.3 Å². The second kappa shape index (κ2) is 30.6. The molecule has 0 spiro atoms. The Morgan fingerprint density at radius 1 is 0.575 bits per heavy atom. The quantitative estimate of drug-likeness (QED) is 0.0457. The first-order chi connectivity index (χ1) is 39.1. The van der Waals surface area contributed by atoms with E-state index < -0.39 is 86.6 Å². The largest absolute Gasteiger partial charge is 0.463 e. The Balaban J connectivity index is 0.000000556. The first-order valence-electron chi connectivity index (χ1n) is 30.9. The molecule has 510 valence electrons. The van der Waals surface area contributed by atoms with E-state index in [2.05, 4.69) is 9.47 Å². The molecule has 5 rings (SSSR count). The molecule has 0 aromatic rings. The van der Waals surface area contributed by atoms with Crippen LogP contribution in [0.3, 0.4) is 0 Å². The van der Waals surface area contributed by atoms with Gasteiger partial charge in [-0.1, -0.05) is 34.6 Å². The van der Waals surface area contributed by atoms with Gasteiger partial charge >= 0.3 is 53.7 Å². The molecule has 0 amide bonds. The fraction of sp³-hybridized carbons (Fsp3) is 0.906. The SMILES string of the molecule is CCC(C)(C)C(=O)OC1(C)COC(O)(C(F)(F)F)C1(F)F.CCC(C)(C)C(=O)OC1CCC(C(C)(C)O)CC1.CCC(C)(C)C(=O)OC1CCOC1=O.CCC(C)(C)C(=O)OCCO.CCC(C)(C)C(=O)O[C@H]1C[C@H]2C[C@@H]1[C@H](C(C)(C)O)[C@@H]2C(C)(C)O. The van der Waals surface area contributed by atoms with Crippen LogP contribution in [0.5, 0.6) is 0 Å². The topological polar surface area (TPSA) is 268 Å². The molecule has 0 aromatic heterocycles. The van der Waals surface area contributed by atoms with Crippen LogP contribution in [0.2, 0.25) is 0 Å². The number of fused-ring (bicyclic) bond motifs is 2. The lowest BCUT2D eigenvalue weighted by Gasteiger charge is -2.46. The van der Waals surface area contributed by atoms with Crippen molar-refractivity contribution in [2.75, 3.05) is 26.4 Å². The van der Waals surface area contributed by atoms with Crippen LogP contribution < -0.4 is 0 Å². The lowest BCUT2D eigenvalue weighted by molar-refractivity contribution is -0.409. The van der Waals surface area contributed by atoms with Gasteiger partial charge < -0.3 is 58.7 Å². The lowest BCUT2D eigenvalue weighted by atomic mass is 9.65. The third-order valence-corrected chi connectivity index (χ3v) is 18.8. The van der Waals surface area contributed by atoms with E-state index in [4.69, 9.17) is 28.8 Å². The standard InChI is InChI=1S/C19H34O4.C15H28O3.C12H17F5O4.C10H16O4.C8H16O3/c1-8-17(2,3)16(20)23-13-10-11-9-12(13)15(19(6,7)22)14(11)18(4,5)21;1-6-14(2,3)13(16)18-12-9-7-11(8-10-12)15(4,5)17;1-5-8(2,3)7(18)21-9(4)6-20-11(19,10(9,13)14)12(15,16)17;1-4-10(2,3)9(12)14-7-5-6-13-8(7)11;1-4-8(2,3)7(10)11-6-5-9/h11-15,21-22H,8-10H2,1-7H3;11-12,17H,6-10H2,1-5H3;19H,5-6H2,1-4H3;7H,4-6H2,1-3H3;9H,4-6H2,1-3H3/t11-,12+,13+,14-,15+;;;;/m1..../s1. The Morgan fingerprint density at radius 2 is 0.989 bits per heavy atom. The van der Waals surface area contributed by atoms with Crippen LogP contribution in [0.15, 0.2) is 0 Å². The summed E-state index contributed by atoms with van der Waals surface area (Å²) >= 11 is 0. The van der Waals surface area contributed by atoms with Crippen LogP contribution >= 0.6 is 0 Å². The average molecular weight is 1260 g/mol. The summed E-state index contributed by atoms with van der Waals surface area (Å²) in [7, 11) is 0. The molecule has 3 unspecified atom stereocenters. The Kier molecular flexibility index (Phi) is 28.5. The number of cyclic esters (lactones) is 1. The molecule has 2 heterocycles. The zero-order valence-corrected chi connectivity index (χ0v) is 56.4. The maximum absolute atomic E-state index is 14.0. The van der Waals surface area contributed by atoms with Gasteiger partial charge in [0.25, 0.3) is 0 Å². The average Bonchev–Trinajstić information content (AvgIpc) is 2.93. The van der Waals surface area contributed by atoms with Crippen molar-refractivity contribution in [2.24, 2.45) is 56.7 Å². The predicted molar refractivity (Wildman–Crippen MR) is 314 cm³/mol. The number of hydrogen-bond donors (Lipinski definition) is 5. The molecule has 18 nitrogen and oxygen atoms in total. The second-order valence-electron chi connectivity index (χ2n) is 29.3. The number of ether oxygens (including phenoxy) is 7. The number of hydrogen-bond acceptors (Lipinski definition) is 18. The number of aliphatic hydroxyl groups is 5. The Morgan fingerprint density at radius 3 is 1.36 bits per heavy atom. The van der Waals surface area contributed by atoms with Gasteiger partial charge in [-0.3, -0.25) is 24.0 Å². The molecule has 87 heavy (non-hydrogen) atoms. The van der Waals surface area contributed by atoms with Crippen molar-refractivity contribution in [3.8, 4) is 0 Å². The molecule has 2 bridgehead atoms. The molecule has 5 N–H and O–H groups in total. The molecule has 8 atom stereocenters. The third-order valence-electron chi connectivity index (χ3n) is 18.8. The zero-order chi connectivity index (χ0) is 68.3. The number of esters is 6. The van der Waals surface area contributed by atoms with E-state index in [0.717, 1.165) is 57.8 Å². The number of alkyl halides is 5. The van der Waals surface area contributed by atoms with Crippen molar-refractivity contribution in [1.82, 2.24) is 0 Å². The van der Waals surface area contributed by atoms with E-state index in [-0.39, 0.29) is 78.9 Å². The summed E-state index contributed by atoms with van der Waals surface area (Å²) < 4.78 is 100. The monoisotopic (exact) mass is 1260 g/mol. The normalized spacial score (nSPS) is 27.5. The van der Waals surface area contributed by atoms with Crippen molar-refractivity contribution in [3.05, 3.63) is 0 Å². The molecular weight excluding hydrogens is 1150 g/mol. The molecule has 2 saturated heterocycles. The Labute approximate surface area is 514 Å². The molecule has 0 aromatic carbocycles. The Hall–Kier alpha value is -3.77. The van der Waals surface area contributed by atoms with E-state index in [1.807, 2.05) is 111 Å². The summed E-state index contributed by atoms with van der Waals surface area (Å²) in [5.41, 5.74) is -8.21. The van der Waals surface area contributed by atoms with Crippen molar-refractivity contribution < 1.29 is 109 Å². The minimum Gasteiger partial charge on any atom is -0.463 e. The maximum Gasteiger partial charge on any atom is 0.449 e. The van der Waals surface area contributed by atoms with Gasteiger partial charge in [0.15, 0.2) is 0 Å². The van der Waals surface area contributed by atoms with Crippen LogP contribution in [0, 0.1) is 56.7 Å². The van der Waals surface area contributed by atoms with Gasteiger partial charge in [-0.25, -0.2) is 4.79 Å². The number of rotatable bonds is 19. The summed E-state index contributed by atoms with van der Waals surface area (Å²) in [6.45, 7) is 37.9. The zero-order valence-electron chi connectivity index (χ0n) is 56.4. The predicted octanol–water partition coefficient (Wildman–Crippen LogP) is 11.3. The highest BCUT2D eigenvalue weighted by atomic mass is 19.4. The van der Waals surface area contributed by atoms with Crippen LogP contribution in [-0.2, 0) is 61.9 Å². The van der Waals surface area contributed by atoms with E-state index >= 15 is 0 Å². The first kappa shape index (κ1) is 81.2. The Bertz CT molecular complexity index is 2250. The van der Waals surface area contributed by atoms with Crippen LogP contribution in [0.4, 0.5) is 22.0 Å². The number of halogens is 5. The molecule has 3 saturated carbocycles. The summed E-state index contributed by atoms with van der Waals surface area (Å²) in [5.74, 6) is -11.1. The van der Waals surface area contributed by atoms with Gasteiger partial charge in [-0.05, 0) is 212 Å². The van der Waals surface area contributed by atoms with Crippen LogP contribution in [0.1, 0.15) is 229 Å². The van der Waals surface area contributed by atoms with Gasteiger partial charge in [0.1, 0.15) is 18.8 Å². The molecule has 0 radical (unpaired) electrons. The molecule has 23 heteroatoms. The maximum atomic E-state index is 14.0. The minimum absolute atomic E-state index is 0.0432. The molecule has 5 aliphatic rings. The molecule has 2 aliphatic heterocycles. The smallest absolute Gasteiger partial charge is 0.449 e. The number of carbonyl (C=O) groups is 6. The molecule has 3 aliphatic carbocycles. The van der Waals surface area contributed by atoms with Crippen molar-refractivity contribution >= 4 is 35.8 Å². The van der Waals surface area contributed by atoms with Gasteiger partial charge in [0.05, 0.1) is 63.7 Å². The van der Waals surface area contributed by atoms with E-state index in [1.165, 1.54) is 13.8 Å². The van der Waals surface area contributed by atoms with E-state index in [0.29, 0.717) is 38.2 Å². The fourth-order valence-electron chi connectivity index (χ4n) is 10.3. The lowest BCUT2D eigenvalue weighted by Crippen LogP contribution is -2.63. The first-order valence-corrected chi connectivity index (χ1v) is 30.9.